The Hall–Kier alpha value is -1.89. The van der Waals surface area contributed by atoms with E-state index in [0.29, 0.717) is 10.6 Å². The van der Waals surface area contributed by atoms with Gasteiger partial charge in [-0.05, 0) is 12.0 Å². The zero-order valence-corrected chi connectivity index (χ0v) is 11.5. The molecule has 0 aromatic carbocycles. The number of carbonyl (C=O) groups excluding carboxylic acids is 3. The summed E-state index contributed by atoms with van der Waals surface area (Å²) in [6.07, 6.45) is -0.0222. The van der Waals surface area contributed by atoms with Gasteiger partial charge in [0.2, 0.25) is 11.8 Å². The summed E-state index contributed by atoms with van der Waals surface area (Å²) >= 11 is 1.36. The van der Waals surface area contributed by atoms with Gasteiger partial charge in [0.1, 0.15) is 6.04 Å². The predicted molar refractivity (Wildman–Crippen MR) is 71.8 cm³/mol. The van der Waals surface area contributed by atoms with Crippen molar-refractivity contribution < 1.29 is 14.4 Å². The summed E-state index contributed by atoms with van der Waals surface area (Å²) in [5.74, 6) is -0.992. The fourth-order valence-electron chi connectivity index (χ4n) is 1.79. The molecule has 102 valence electrons. The maximum atomic E-state index is 12.0. The molecule has 0 radical (unpaired) electrons. The summed E-state index contributed by atoms with van der Waals surface area (Å²) in [5.41, 5.74) is 6.17. The van der Waals surface area contributed by atoms with E-state index in [4.69, 9.17) is 5.73 Å². The fraction of sp³-hybridized carbons (Fsp3) is 0.417. The van der Waals surface area contributed by atoms with Crippen molar-refractivity contribution in [2.24, 2.45) is 0 Å². The molecule has 1 unspecified atom stereocenters. The summed E-state index contributed by atoms with van der Waals surface area (Å²) in [7, 11) is 0. The van der Waals surface area contributed by atoms with Crippen molar-refractivity contribution in [3.63, 3.8) is 0 Å². The van der Waals surface area contributed by atoms with Gasteiger partial charge in [-0.3, -0.25) is 19.7 Å². The van der Waals surface area contributed by atoms with Gasteiger partial charge in [-0.25, -0.2) is 0 Å². The lowest BCUT2D eigenvalue weighted by atomic mass is 10.1. The van der Waals surface area contributed by atoms with E-state index in [1.807, 2.05) is 13.8 Å². The third-order valence-corrected chi connectivity index (χ3v) is 4.13. The smallest absolute Gasteiger partial charge is 0.254 e. The molecular formula is C12H15N3O3S. The predicted octanol–water partition coefficient (Wildman–Crippen LogP) is 0.599. The lowest BCUT2D eigenvalue weighted by molar-refractivity contribution is -0.125. The van der Waals surface area contributed by atoms with Crippen LogP contribution in [0.2, 0.25) is 0 Å². The highest BCUT2D eigenvalue weighted by molar-refractivity contribution is 7.16. The number of rotatable bonds is 3. The number of imide groups is 1. The molecule has 1 atom stereocenters. The lowest BCUT2D eigenvalue weighted by Gasteiger charge is -2.08. The third-order valence-electron chi connectivity index (χ3n) is 2.87. The molecule has 0 saturated carbocycles. The van der Waals surface area contributed by atoms with Crippen LogP contribution in [0.15, 0.2) is 6.07 Å². The molecule has 0 spiro atoms. The second-order valence-corrected chi connectivity index (χ2v) is 5.84. The van der Waals surface area contributed by atoms with E-state index in [-0.39, 0.29) is 18.2 Å². The first-order valence-corrected chi connectivity index (χ1v) is 6.74. The van der Waals surface area contributed by atoms with Crippen molar-refractivity contribution in [2.45, 2.75) is 32.2 Å². The van der Waals surface area contributed by atoms with Crippen molar-refractivity contribution in [3.8, 4) is 0 Å². The molecule has 7 heteroatoms. The van der Waals surface area contributed by atoms with Crippen LogP contribution in [0.1, 0.15) is 41.4 Å². The van der Waals surface area contributed by atoms with Gasteiger partial charge in [-0.15, -0.1) is 11.3 Å². The van der Waals surface area contributed by atoms with Crippen LogP contribution >= 0.6 is 11.3 Å². The van der Waals surface area contributed by atoms with Crippen molar-refractivity contribution >= 4 is 34.1 Å². The average molecular weight is 281 g/mol. The first-order valence-electron chi connectivity index (χ1n) is 5.92. The van der Waals surface area contributed by atoms with Gasteiger partial charge in [0.25, 0.3) is 5.91 Å². The highest BCUT2D eigenvalue weighted by Gasteiger charge is 2.32. The van der Waals surface area contributed by atoms with Gasteiger partial charge >= 0.3 is 0 Å². The van der Waals surface area contributed by atoms with Crippen LogP contribution in [0.3, 0.4) is 0 Å². The number of nitrogens with two attached hydrogens (primary N) is 1. The lowest BCUT2D eigenvalue weighted by Crippen LogP contribution is -2.40. The maximum Gasteiger partial charge on any atom is 0.254 e. The summed E-state index contributed by atoms with van der Waals surface area (Å²) in [6, 6.07) is 0.927. The third kappa shape index (κ3) is 2.76. The van der Waals surface area contributed by atoms with E-state index >= 15 is 0 Å². The van der Waals surface area contributed by atoms with Gasteiger partial charge < -0.3 is 11.1 Å². The average Bonchev–Trinajstić information content (AvgIpc) is 2.83. The molecule has 1 aliphatic heterocycles. The Bertz CT molecular complexity index is 550. The van der Waals surface area contributed by atoms with Crippen LogP contribution in [0.25, 0.3) is 0 Å². The Morgan fingerprint density at radius 3 is 2.68 bits per heavy atom. The minimum Gasteiger partial charge on any atom is -0.390 e. The summed E-state index contributed by atoms with van der Waals surface area (Å²) in [5, 5.41) is 5.09. The van der Waals surface area contributed by atoms with Crippen LogP contribution in [-0.4, -0.2) is 23.8 Å². The molecule has 19 heavy (non-hydrogen) atoms. The molecule has 1 saturated heterocycles. The van der Waals surface area contributed by atoms with Gasteiger partial charge in [-0.2, -0.15) is 0 Å². The van der Waals surface area contributed by atoms with Crippen molar-refractivity contribution in [1.82, 2.24) is 10.6 Å². The van der Waals surface area contributed by atoms with Crippen LogP contribution in [0, 0.1) is 0 Å². The molecule has 4 N–H and O–H groups in total. The first-order chi connectivity index (χ1) is 8.88. The van der Waals surface area contributed by atoms with E-state index in [9.17, 15) is 14.4 Å². The summed E-state index contributed by atoms with van der Waals surface area (Å²) in [6.45, 7) is 4.02. The monoisotopic (exact) mass is 281 g/mol. The summed E-state index contributed by atoms with van der Waals surface area (Å²) < 4.78 is 0. The highest BCUT2D eigenvalue weighted by atomic mass is 32.1. The first kappa shape index (κ1) is 13.5. The zero-order valence-electron chi connectivity index (χ0n) is 10.6. The molecule has 0 aliphatic carbocycles. The molecule has 2 rings (SSSR count). The SMILES string of the molecule is CC(C)c1cc(C(=O)NC2CC(=O)NC2=O)c(N)s1. The number of nitrogens with one attached hydrogen (secondary N) is 2. The second-order valence-electron chi connectivity index (χ2n) is 4.72. The number of amides is 3. The number of anilines is 1. The molecule has 2 heterocycles. The van der Waals surface area contributed by atoms with Crippen LogP contribution in [0.5, 0.6) is 0 Å². The Morgan fingerprint density at radius 1 is 1.53 bits per heavy atom. The number of hydrogen-bond acceptors (Lipinski definition) is 5. The molecule has 1 aliphatic rings. The largest absolute Gasteiger partial charge is 0.390 e. The Kier molecular flexibility index (Phi) is 3.57. The van der Waals surface area contributed by atoms with Crippen molar-refractivity contribution in [1.29, 1.82) is 0 Å². The molecule has 1 aromatic rings. The van der Waals surface area contributed by atoms with Gasteiger partial charge in [0.15, 0.2) is 0 Å². The Morgan fingerprint density at radius 2 is 2.21 bits per heavy atom. The summed E-state index contributed by atoms with van der Waals surface area (Å²) in [4.78, 5) is 35.5. The van der Waals surface area contributed by atoms with Crippen molar-refractivity contribution in [2.75, 3.05) is 5.73 Å². The molecule has 6 nitrogen and oxygen atoms in total. The van der Waals surface area contributed by atoms with Crippen molar-refractivity contribution in [3.05, 3.63) is 16.5 Å². The molecule has 1 aromatic heterocycles. The Labute approximate surface area is 114 Å². The van der Waals surface area contributed by atoms with Crippen LogP contribution < -0.4 is 16.4 Å². The quantitative estimate of drug-likeness (QED) is 0.706. The van der Waals surface area contributed by atoms with E-state index in [2.05, 4.69) is 10.6 Å². The Balaban J connectivity index is 2.12. The van der Waals surface area contributed by atoms with Gasteiger partial charge in [-0.1, -0.05) is 13.8 Å². The van der Waals surface area contributed by atoms with E-state index in [0.717, 1.165) is 4.88 Å². The second kappa shape index (κ2) is 5.00. The minimum atomic E-state index is -0.804. The van der Waals surface area contributed by atoms with Crippen LogP contribution in [-0.2, 0) is 9.59 Å². The van der Waals surface area contributed by atoms with Gasteiger partial charge in [0.05, 0.1) is 17.0 Å². The molecular weight excluding hydrogens is 266 g/mol. The fourth-order valence-corrected chi connectivity index (χ4v) is 2.72. The maximum absolute atomic E-state index is 12.0. The van der Waals surface area contributed by atoms with Gasteiger partial charge in [0, 0.05) is 4.88 Å². The molecule has 0 bridgehead atoms. The number of carbonyl (C=O) groups is 3. The number of nitrogen functional groups attached to an aromatic ring is 1. The number of hydrogen-bond donors (Lipinski definition) is 3. The van der Waals surface area contributed by atoms with E-state index in [1.165, 1.54) is 11.3 Å². The van der Waals surface area contributed by atoms with Crippen LogP contribution in [0.4, 0.5) is 5.00 Å². The van der Waals surface area contributed by atoms with E-state index in [1.54, 1.807) is 6.07 Å². The van der Waals surface area contributed by atoms with E-state index < -0.39 is 17.9 Å². The highest BCUT2D eigenvalue weighted by Crippen LogP contribution is 2.30. The standard InChI is InChI=1S/C12H15N3O3S/c1-5(2)8-3-6(10(13)19-8)11(17)14-7-4-9(16)15-12(7)18/h3,5,7H,4,13H2,1-2H3,(H,14,17)(H,15,16,18). The molecule has 3 amide bonds. The number of thiophene rings is 1. The minimum absolute atomic E-state index is 0.0222. The topological polar surface area (TPSA) is 101 Å². The normalized spacial score (nSPS) is 18.8. The zero-order chi connectivity index (χ0) is 14.2. The molecule has 1 fully saturated rings.